The Morgan fingerprint density at radius 1 is 0.927 bits per heavy atom. The van der Waals surface area contributed by atoms with E-state index in [1.54, 1.807) is 37.4 Å². The van der Waals surface area contributed by atoms with Crippen LogP contribution in [0.5, 0.6) is 5.75 Å². The van der Waals surface area contributed by atoms with E-state index in [-0.39, 0.29) is 23.4 Å². The van der Waals surface area contributed by atoms with E-state index in [4.69, 9.17) is 4.74 Å². The molecule has 41 heavy (non-hydrogen) atoms. The van der Waals surface area contributed by atoms with Gasteiger partial charge in [0, 0.05) is 12.6 Å². The molecule has 2 amide bonds. The number of carbonyl (C=O) groups is 2. The fourth-order valence-electron chi connectivity index (χ4n) is 4.65. The largest absolute Gasteiger partial charge is 0.497 e. The minimum atomic E-state index is -4.11. The molecule has 0 bridgehead atoms. The van der Waals surface area contributed by atoms with Gasteiger partial charge in [-0.2, -0.15) is 0 Å². The van der Waals surface area contributed by atoms with Gasteiger partial charge in [-0.05, 0) is 75.1 Å². The fourth-order valence-corrected chi connectivity index (χ4v) is 6.15. The van der Waals surface area contributed by atoms with Crippen LogP contribution in [0.1, 0.15) is 50.3 Å². The van der Waals surface area contributed by atoms with Crippen LogP contribution in [0.25, 0.3) is 0 Å². The van der Waals surface area contributed by atoms with Gasteiger partial charge in [-0.3, -0.25) is 13.9 Å². The summed E-state index contributed by atoms with van der Waals surface area (Å²) in [5, 5.41) is 2.99. The Balaban J connectivity index is 2.09. The highest BCUT2D eigenvalue weighted by Gasteiger charge is 2.34. The van der Waals surface area contributed by atoms with E-state index in [9.17, 15) is 18.0 Å². The number of anilines is 1. The molecule has 0 aliphatic heterocycles. The zero-order chi connectivity index (χ0) is 30.2. The zero-order valence-electron chi connectivity index (χ0n) is 24.8. The molecule has 0 aliphatic rings. The van der Waals surface area contributed by atoms with Crippen molar-refractivity contribution < 1.29 is 22.7 Å². The van der Waals surface area contributed by atoms with Crippen LogP contribution >= 0.6 is 0 Å². The van der Waals surface area contributed by atoms with E-state index < -0.39 is 28.5 Å². The van der Waals surface area contributed by atoms with Crippen molar-refractivity contribution in [2.45, 2.75) is 71.0 Å². The van der Waals surface area contributed by atoms with Gasteiger partial charge in [-0.25, -0.2) is 8.42 Å². The number of rotatable bonds is 13. The first-order valence-corrected chi connectivity index (χ1v) is 15.3. The minimum Gasteiger partial charge on any atom is -0.497 e. The first kappa shape index (κ1) is 31.7. The van der Waals surface area contributed by atoms with Crippen molar-refractivity contribution in [1.29, 1.82) is 0 Å². The molecule has 0 saturated heterocycles. The van der Waals surface area contributed by atoms with Crippen LogP contribution in [-0.4, -0.2) is 50.9 Å². The first-order valence-electron chi connectivity index (χ1n) is 13.9. The van der Waals surface area contributed by atoms with Crippen molar-refractivity contribution >= 4 is 27.5 Å². The summed E-state index contributed by atoms with van der Waals surface area (Å²) in [5.41, 5.74) is 2.86. The van der Waals surface area contributed by atoms with E-state index in [0.717, 1.165) is 27.4 Å². The molecule has 1 N–H and O–H groups in total. The third-order valence-corrected chi connectivity index (χ3v) is 8.88. The Hall–Kier alpha value is -3.85. The summed E-state index contributed by atoms with van der Waals surface area (Å²) in [5.74, 6) is -0.143. The highest BCUT2D eigenvalue weighted by molar-refractivity contribution is 7.92. The van der Waals surface area contributed by atoms with E-state index >= 15 is 0 Å². The van der Waals surface area contributed by atoms with Crippen LogP contribution in [0.3, 0.4) is 0 Å². The molecule has 0 aromatic heterocycles. The molecule has 9 heteroatoms. The van der Waals surface area contributed by atoms with Gasteiger partial charge in [-0.1, -0.05) is 61.9 Å². The lowest BCUT2D eigenvalue weighted by Gasteiger charge is -2.34. The van der Waals surface area contributed by atoms with E-state index in [1.807, 2.05) is 65.0 Å². The number of hydrogen-bond acceptors (Lipinski definition) is 5. The van der Waals surface area contributed by atoms with Crippen molar-refractivity contribution in [3.8, 4) is 5.75 Å². The zero-order valence-corrected chi connectivity index (χ0v) is 25.6. The molecule has 0 saturated carbocycles. The van der Waals surface area contributed by atoms with Gasteiger partial charge in [0.25, 0.3) is 10.0 Å². The third kappa shape index (κ3) is 7.88. The summed E-state index contributed by atoms with van der Waals surface area (Å²) in [6.45, 7) is 9.11. The Kier molecular flexibility index (Phi) is 10.9. The van der Waals surface area contributed by atoms with Crippen molar-refractivity contribution in [1.82, 2.24) is 10.2 Å². The number of aryl methyl sites for hydroxylation is 2. The Bertz CT molecular complexity index is 1440. The Morgan fingerprint density at radius 3 is 2.24 bits per heavy atom. The molecular weight excluding hydrogens is 538 g/mol. The highest BCUT2D eigenvalue weighted by atomic mass is 32.2. The molecule has 3 rings (SSSR count). The average Bonchev–Trinajstić information content (AvgIpc) is 2.96. The van der Waals surface area contributed by atoms with Crippen LogP contribution in [0, 0.1) is 13.8 Å². The molecule has 0 unspecified atom stereocenters. The van der Waals surface area contributed by atoms with E-state index in [2.05, 4.69) is 5.32 Å². The summed E-state index contributed by atoms with van der Waals surface area (Å²) in [7, 11) is -2.55. The van der Waals surface area contributed by atoms with Crippen molar-refractivity contribution in [2.75, 3.05) is 18.0 Å². The maximum atomic E-state index is 14.2. The maximum Gasteiger partial charge on any atom is 0.264 e. The summed E-state index contributed by atoms with van der Waals surface area (Å²) in [6, 6.07) is 19.9. The van der Waals surface area contributed by atoms with Crippen LogP contribution in [-0.2, 0) is 26.2 Å². The van der Waals surface area contributed by atoms with Crippen LogP contribution < -0.4 is 14.4 Å². The van der Waals surface area contributed by atoms with Gasteiger partial charge in [0.05, 0.1) is 17.7 Å². The number of benzene rings is 3. The summed E-state index contributed by atoms with van der Waals surface area (Å²) < 4.78 is 34.5. The van der Waals surface area contributed by atoms with Crippen LogP contribution in [0.4, 0.5) is 5.69 Å². The smallest absolute Gasteiger partial charge is 0.264 e. The normalized spacial score (nSPS) is 12.7. The van der Waals surface area contributed by atoms with Gasteiger partial charge in [0.1, 0.15) is 18.3 Å². The molecule has 3 aromatic carbocycles. The molecule has 3 aromatic rings. The Morgan fingerprint density at radius 2 is 1.63 bits per heavy atom. The predicted octanol–water partition coefficient (Wildman–Crippen LogP) is 5.23. The van der Waals surface area contributed by atoms with Crippen LogP contribution in [0.15, 0.2) is 77.7 Å². The number of nitrogens with zero attached hydrogens (tertiary/aromatic N) is 2. The lowest BCUT2D eigenvalue weighted by Crippen LogP contribution is -2.53. The van der Waals surface area contributed by atoms with Crippen molar-refractivity contribution in [3.63, 3.8) is 0 Å². The molecule has 0 fully saturated rings. The lowest BCUT2D eigenvalue weighted by atomic mass is 10.1. The van der Waals surface area contributed by atoms with Gasteiger partial charge in [-0.15, -0.1) is 0 Å². The average molecular weight is 580 g/mol. The predicted molar refractivity (Wildman–Crippen MR) is 162 cm³/mol. The van der Waals surface area contributed by atoms with Gasteiger partial charge < -0.3 is 15.0 Å². The second-order valence-corrected chi connectivity index (χ2v) is 12.1. The fraction of sp³-hybridized carbons (Fsp3) is 0.375. The number of methoxy groups -OCH3 is 1. The monoisotopic (exact) mass is 579 g/mol. The van der Waals surface area contributed by atoms with Gasteiger partial charge >= 0.3 is 0 Å². The number of amides is 2. The standard InChI is InChI=1S/C32H41N3O5S/c1-7-25(5)33-32(37)29(8-2)34(21-26-13-12-14-27(20-26)40-6)31(36)22-35(30-18-17-23(3)19-24(30)4)41(38,39)28-15-10-9-11-16-28/h9-20,25,29H,7-8,21-22H2,1-6H3,(H,33,37)/t25-,29+/m0/s1. The molecular formula is C32H41N3O5S. The van der Waals surface area contributed by atoms with Gasteiger partial charge in [0.2, 0.25) is 11.8 Å². The SMILES string of the molecule is CC[C@H](C(=O)N[C@@H](C)CC)N(Cc1cccc(OC)c1)C(=O)CN(c1ccc(C)cc1C)S(=O)(=O)c1ccccc1. The number of carbonyl (C=O) groups excluding carboxylic acids is 2. The molecule has 0 heterocycles. The molecule has 220 valence electrons. The second kappa shape index (κ2) is 14.2. The molecule has 8 nitrogen and oxygen atoms in total. The lowest BCUT2D eigenvalue weighted by molar-refractivity contribution is -0.140. The number of ether oxygens (including phenoxy) is 1. The number of nitrogens with one attached hydrogen (secondary N) is 1. The summed E-state index contributed by atoms with van der Waals surface area (Å²) >= 11 is 0. The summed E-state index contributed by atoms with van der Waals surface area (Å²) in [4.78, 5) is 29.2. The van der Waals surface area contributed by atoms with Gasteiger partial charge in [0.15, 0.2) is 0 Å². The molecule has 2 atom stereocenters. The third-order valence-electron chi connectivity index (χ3n) is 7.11. The summed E-state index contributed by atoms with van der Waals surface area (Å²) in [6.07, 6.45) is 1.09. The first-order chi connectivity index (χ1) is 19.5. The minimum absolute atomic E-state index is 0.0736. The number of sulfonamides is 1. The van der Waals surface area contributed by atoms with E-state index in [0.29, 0.717) is 17.9 Å². The van der Waals surface area contributed by atoms with Crippen LogP contribution in [0.2, 0.25) is 0 Å². The molecule has 0 radical (unpaired) electrons. The quantitative estimate of drug-likeness (QED) is 0.299. The maximum absolute atomic E-state index is 14.2. The number of hydrogen-bond donors (Lipinski definition) is 1. The Labute approximate surface area is 244 Å². The second-order valence-electron chi connectivity index (χ2n) is 10.2. The van der Waals surface area contributed by atoms with Crippen molar-refractivity contribution in [3.05, 3.63) is 89.5 Å². The molecule has 0 aliphatic carbocycles. The van der Waals surface area contributed by atoms with Crippen molar-refractivity contribution in [2.24, 2.45) is 0 Å². The molecule has 0 spiro atoms. The highest BCUT2D eigenvalue weighted by Crippen LogP contribution is 2.28. The topological polar surface area (TPSA) is 96.0 Å². The van der Waals surface area contributed by atoms with E-state index in [1.165, 1.54) is 17.0 Å².